The van der Waals surface area contributed by atoms with Crippen LogP contribution in [0, 0.1) is 0 Å². The second-order valence-corrected chi connectivity index (χ2v) is 9.99. The van der Waals surface area contributed by atoms with Crippen molar-refractivity contribution in [3.05, 3.63) is 12.3 Å². The fourth-order valence-corrected chi connectivity index (χ4v) is 2.13. The van der Waals surface area contributed by atoms with E-state index in [-0.39, 0.29) is 3.42 Å². The van der Waals surface area contributed by atoms with E-state index < -0.39 is 0 Å². The van der Waals surface area contributed by atoms with Crippen LogP contribution < -0.4 is 0 Å². The van der Waals surface area contributed by atoms with E-state index in [1.54, 1.807) is 0 Å². The predicted octanol–water partition coefficient (Wildman–Crippen LogP) is 5.11. The van der Waals surface area contributed by atoms with E-state index >= 15 is 0 Å². The SMILES string of the molecule is CCO/C=C/C(C)(I)CCCC(C)(C)I. The molecule has 0 aromatic carbocycles. The van der Waals surface area contributed by atoms with Gasteiger partial charge >= 0.3 is 0 Å². The second kappa shape index (κ2) is 7.35. The number of alkyl halides is 2. The maximum atomic E-state index is 5.23. The quantitative estimate of drug-likeness (QED) is 0.306. The second-order valence-electron chi connectivity index (χ2n) is 4.61. The molecule has 0 N–H and O–H groups in total. The maximum absolute atomic E-state index is 5.23. The standard InChI is InChI=1S/C12H22I2O/c1-5-15-10-9-12(4,14)8-6-7-11(2,3)13/h9-10H,5-8H2,1-4H3/b10-9+. The Morgan fingerprint density at radius 3 is 2.20 bits per heavy atom. The Hall–Kier alpha value is 1.00. The largest absolute Gasteiger partial charge is 0.502 e. The highest BCUT2D eigenvalue weighted by Crippen LogP contribution is 2.30. The van der Waals surface area contributed by atoms with Crippen LogP contribution in [0.4, 0.5) is 0 Å². The normalized spacial score (nSPS) is 16.7. The zero-order valence-corrected chi connectivity index (χ0v) is 14.5. The van der Waals surface area contributed by atoms with Crippen molar-refractivity contribution in [1.82, 2.24) is 0 Å². The summed E-state index contributed by atoms with van der Waals surface area (Å²) in [5, 5.41) is 0. The molecule has 0 aromatic heterocycles. The van der Waals surface area contributed by atoms with Crippen molar-refractivity contribution in [3.63, 3.8) is 0 Å². The van der Waals surface area contributed by atoms with Crippen LogP contribution >= 0.6 is 45.2 Å². The van der Waals surface area contributed by atoms with E-state index in [4.69, 9.17) is 4.74 Å². The summed E-state index contributed by atoms with van der Waals surface area (Å²) in [5.41, 5.74) is 0. The molecule has 1 atom stereocenters. The molecule has 0 bridgehead atoms. The van der Waals surface area contributed by atoms with Gasteiger partial charge in [0, 0.05) is 6.84 Å². The van der Waals surface area contributed by atoms with Crippen LogP contribution in [0.15, 0.2) is 12.3 Å². The van der Waals surface area contributed by atoms with Gasteiger partial charge in [-0.3, -0.25) is 0 Å². The maximum Gasteiger partial charge on any atom is 0.0845 e. The van der Waals surface area contributed by atoms with Crippen molar-refractivity contribution in [2.75, 3.05) is 6.61 Å². The molecule has 0 aromatic rings. The van der Waals surface area contributed by atoms with E-state index in [9.17, 15) is 0 Å². The molecule has 0 fully saturated rings. The van der Waals surface area contributed by atoms with Crippen LogP contribution in [0.25, 0.3) is 0 Å². The van der Waals surface area contributed by atoms with Gasteiger partial charge in [-0.25, -0.2) is 0 Å². The average molecular weight is 436 g/mol. The van der Waals surface area contributed by atoms with Gasteiger partial charge in [0.05, 0.1) is 12.9 Å². The van der Waals surface area contributed by atoms with Gasteiger partial charge in [0.15, 0.2) is 0 Å². The molecular weight excluding hydrogens is 414 g/mol. The summed E-state index contributed by atoms with van der Waals surface area (Å²) in [7, 11) is 0. The first-order valence-electron chi connectivity index (χ1n) is 5.44. The molecule has 1 unspecified atom stereocenters. The van der Waals surface area contributed by atoms with Crippen molar-refractivity contribution in [2.45, 2.75) is 53.8 Å². The van der Waals surface area contributed by atoms with E-state index in [0.717, 1.165) is 6.61 Å². The lowest BCUT2D eigenvalue weighted by atomic mass is 10.00. The minimum Gasteiger partial charge on any atom is -0.502 e. The summed E-state index contributed by atoms with van der Waals surface area (Å²) in [5.74, 6) is 0. The Labute approximate surface area is 122 Å². The highest BCUT2D eigenvalue weighted by atomic mass is 127. The molecule has 15 heavy (non-hydrogen) atoms. The molecule has 0 aliphatic carbocycles. The molecule has 0 saturated carbocycles. The highest BCUT2D eigenvalue weighted by molar-refractivity contribution is 14.1. The van der Waals surface area contributed by atoms with Gasteiger partial charge in [-0.05, 0) is 32.8 Å². The zero-order chi connectivity index (χ0) is 11.9. The molecule has 0 rings (SSSR count). The summed E-state index contributed by atoms with van der Waals surface area (Å²) in [6.07, 6.45) is 7.75. The summed E-state index contributed by atoms with van der Waals surface area (Å²) in [6, 6.07) is 0. The smallest absolute Gasteiger partial charge is 0.0845 e. The van der Waals surface area contributed by atoms with Crippen LogP contribution in [0.5, 0.6) is 0 Å². The fraction of sp³-hybridized carbons (Fsp3) is 0.833. The third-order valence-electron chi connectivity index (χ3n) is 2.12. The lowest BCUT2D eigenvalue weighted by molar-refractivity contribution is 0.267. The summed E-state index contributed by atoms with van der Waals surface area (Å²) < 4.78 is 5.89. The van der Waals surface area contributed by atoms with Gasteiger partial charge < -0.3 is 4.74 Å². The zero-order valence-electron chi connectivity index (χ0n) is 10.1. The Kier molecular flexibility index (Phi) is 7.84. The van der Waals surface area contributed by atoms with Crippen LogP contribution in [0.2, 0.25) is 0 Å². The van der Waals surface area contributed by atoms with E-state index in [1.807, 2.05) is 13.2 Å². The first-order valence-corrected chi connectivity index (χ1v) is 7.60. The molecule has 0 heterocycles. The minimum atomic E-state index is 0.231. The molecule has 0 aliphatic heterocycles. The number of hydrogen-bond acceptors (Lipinski definition) is 1. The Bertz CT molecular complexity index is 192. The van der Waals surface area contributed by atoms with Crippen molar-refractivity contribution in [3.8, 4) is 0 Å². The van der Waals surface area contributed by atoms with Crippen LogP contribution in [0.1, 0.15) is 47.0 Å². The van der Waals surface area contributed by atoms with Crippen molar-refractivity contribution in [1.29, 1.82) is 0 Å². The lowest BCUT2D eigenvalue weighted by Crippen LogP contribution is -2.15. The Morgan fingerprint density at radius 1 is 1.13 bits per heavy atom. The average Bonchev–Trinajstić information content (AvgIpc) is 2.01. The fourth-order valence-electron chi connectivity index (χ4n) is 1.22. The van der Waals surface area contributed by atoms with E-state index in [0.29, 0.717) is 3.42 Å². The number of hydrogen-bond donors (Lipinski definition) is 0. The number of allylic oxidation sites excluding steroid dienone is 1. The molecule has 0 saturated heterocycles. The molecule has 1 nitrogen and oxygen atoms in total. The topological polar surface area (TPSA) is 9.23 Å². The van der Waals surface area contributed by atoms with Gasteiger partial charge in [0.25, 0.3) is 0 Å². The van der Waals surface area contributed by atoms with E-state index in [1.165, 1.54) is 19.3 Å². The summed E-state index contributed by atoms with van der Waals surface area (Å²) in [6.45, 7) is 9.59. The van der Waals surface area contributed by atoms with Crippen LogP contribution in [-0.2, 0) is 4.74 Å². The lowest BCUT2D eigenvalue weighted by Gasteiger charge is -2.21. The molecule has 90 valence electrons. The Balaban J connectivity index is 3.83. The number of rotatable bonds is 7. The molecule has 0 spiro atoms. The number of halogens is 2. The minimum absolute atomic E-state index is 0.231. The van der Waals surface area contributed by atoms with Crippen molar-refractivity contribution in [2.24, 2.45) is 0 Å². The van der Waals surface area contributed by atoms with Gasteiger partial charge in [0.1, 0.15) is 0 Å². The summed E-state index contributed by atoms with van der Waals surface area (Å²) in [4.78, 5) is 0. The van der Waals surface area contributed by atoms with Crippen molar-refractivity contribution >= 4 is 45.2 Å². The molecular formula is C12H22I2O. The highest BCUT2D eigenvalue weighted by Gasteiger charge is 2.18. The summed E-state index contributed by atoms with van der Waals surface area (Å²) >= 11 is 5.02. The monoisotopic (exact) mass is 436 g/mol. The van der Waals surface area contributed by atoms with Crippen LogP contribution in [0.3, 0.4) is 0 Å². The molecule has 0 amide bonds. The van der Waals surface area contributed by atoms with Crippen LogP contribution in [-0.4, -0.2) is 13.5 Å². The van der Waals surface area contributed by atoms with Gasteiger partial charge in [-0.15, -0.1) is 0 Å². The van der Waals surface area contributed by atoms with Gasteiger partial charge in [-0.1, -0.05) is 65.5 Å². The molecule has 3 heteroatoms. The van der Waals surface area contributed by atoms with E-state index in [2.05, 4.69) is 72.0 Å². The van der Waals surface area contributed by atoms with Gasteiger partial charge in [0.2, 0.25) is 0 Å². The Morgan fingerprint density at radius 2 is 1.73 bits per heavy atom. The number of ether oxygens (including phenoxy) is 1. The predicted molar refractivity (Wildman–Crippen MR) is 85.1 cm³/mol. The third-order valence-corrected chi connectivity index (χ3v) is 3.55. The van der Waals surface area contributed by atoms with Gasteiger partial charge in [-0.2, -0.15) is 0 Å². The first-order chi connectivity index (χ1) is 6.77. The molecule has 0 radical (unpaired) electrons. The third kappa shape index (κ3) is 11.3. The van der Waals surface area contributed by atoms with Crippen molar-refractivity contribution < 1.29 is 4.74 Å². The molecule has 0 aliphatic rings. The first kappa shape index (κ1) is 16.0.